The number of benzene rings is 2. The number of anilines is 1. The lowest BCUT2D eigenvalue weighted by molar-refractivity contribution is -0.137. The van der Waals surface area contributed by atoms with Crippen molar-refractivity contribution < 1.29 is 29.0 Å². The van der Waals surface area contributed by atoms with Crippen LogP contribution in [0.15, 0.2) is 42.5 Å². The van der Waals surface area contributed by atoms with Crippen LogP contribution in [-0.4, -0.2) is 73.2 Å². The van der Waals surface area contributed by atoms with Crippen molar-refractivity contribution in [3.05, 3.63) is 53.6 Å². The first-order valence-corrected chi connectivity index (χ1v) is 10.9. The summed E-state index contributed by atoms with van der Waals surface area (Å²) < 4.78 is 10.6. The number of nitrogens with one attached hydrogen (secondary N) is 1. The Kier molecular flexibility index (Phi) is 6.79. The van der Waals surface area contributed by atoms with Crippen LogP contribution in [0.25, 0.3) is 0 Å². The van der Waals surface area contributed by atoms with Crippen LogP contribution < -0.4 is 19.7 Å². The number of amides is 2. The van der Waals surface area contributed by atoms with Gasteiger partial charge in [-0.05, 0) is 48.9 Å². The molecule has 2 aromatic carbocycles. The molecule has 0 spiro atoms. The number of carbonyl (C=O) groups is 3. The Morgan fingerprint density at radius 2 is 1.70 bits per heavy atom. The summed E-state index contributed by atoms with van der Waals surface area (Å²) in [5.74, 6) is 0.585. The molecule has 2 aliphatic heterocycles. The number of aliphatic hydroxyl groups excluding tert-OH is 1. The van der Waals surface area contributed by atoms with Gasteiger partial charge in [-0.15, -0.1) is 0 Å². The van der Waals surface area contributed by atoms with Gasteiger partial charge in [0.05, 0.1) is 13.0 Å². The number of nitrogens with zero attached hydrogens (tertiary/aromatic N) is 2. The van der Waals surface area contributed by atoms with Gasteiger partial charge in [-0.1, -0.05) is 6.07 Å². The van der Waals surface area contributed by atoms with Gasteiger partial charge in [0.15, 0.2) is 17.3 Å². The Morgan fingerprint density at radius 3 is 2.36 bits per heavy atom. The minimum Gasteiger partial charge on any atom is -0.454 e. The largest absolute Gasteiger partial charge is 0.454 e. The van der Waals surface area contributed by atoms with Gasteiger partial charge in [-0.25, -0.2) is 0 Å². The van der Waals surface area contributed by atoms with Gasteiger partial charge in [-0.3, -0.25) is 14.4 Å². The van der Waals surface area contributed by atoms with Crippen molar-refractivity contribution in [2.45, 2.75) is 19.4 Å². The van der Waals surface area contributed by atoms with Gasteiger partial charge in [0.1, 0.15) is 6.04 Å². The summed E-state index contributed by atoms with van der Waals surface area (Å²) in [6.45, 7) is 3.40. The van der Waals surface area contributed by atoms with E-state index in [1.54, 1.807) is 35.2 Å². The second-order valence-electron chi connectivity index (χ2n) is 8.08. The van der Waals surface area contributed by atoms with Gasteiger partial charge in [0, 0.05) is 37.4 Å². The molecular weight excluding hydrogens is 426 g/mol. The van der Waals surface area contributed by atoms with Crippen molar-refractivity contribution in [3.63, 3.8) is 0 Å². The standard InChI is InChI=1S/C24H27N3O6/c1-16(29)18-3-5-19(6-4-18)26-8-10-27(11-9-26)24(31)20(14-28)25-23(30)13-17-2-7-21-22(12-17)33-15-32-21/h2-7,12,20,28H,8-11,13-15H2,1H3,(H,25,30). The van der Waals surface area contributed by atoms with Crippen molar-refractivity contribution in [1.29, 1.82) is 0 Å². The first-order chi connectivity index (χ1) is 15.9. The second kappa shape index (κ2) is 9.91. The van der Waals surface area contributed by atoms with E-state index in [1.807, 2.05) is 12.1 Å². The second-order valence-corrected chi connectivity index (χ2v) is 8.08. The molecule has 1 atom stereocenters. The normalized spacial score (nSPS) is 15.8. The fraction of sp³-hybridized carbons (Fsp3) is 0.375. The quantitative estimate of drug-likeness (QED) is 0.602. The molecule has 0 saturated carbocycles. The number of ether oxygens (including phenoxy) is 2. The van der Waals surface area contributed by atoms with Crippen LogP contribution in [0.1, 0.15) is 22.8 Å². The van der Waals surface area contributed by atoms with E-state index < -0.39 is 12.6 Å². The average molecular weight is 453 g/mol. The fourth-order valence-corrected chi connectivity index (χ4v) is 3.98. The fourth-order valence-electron chi connectivity index (χ4n) is 3.98. The maximum atomic E-state index is 12.9. The summed E-state index contributed by atoms with van der Waals surface area (Å²) in [6, 6.07) is 11.7. The van der Waals surface area contributed by atoms with Crippen LogP contribution in [-0.2, 0) is 16.0 Å². The molecule has 1 unspecified atom stereocenters. The number of aliphatic hydroxyl groups is 1. The zero-order valence-corrected chi connectivity index (χ0v) is 18.5. The highest BCUT2D eigenvalue weighted by atomic mass is 16.7. The van der Waals surface area contributed by atoms with Crippen molar-refractivity contribution in [2.24, 2.45) is 0 Å². The third-order valence-corrected chi connectivity index (χ3v) is 5.85. The van der Waals surface area contributed by atoms with Gasteiger partial charge in [-0.2, -0.15) is 0 Å². The van der Waals surface area contributed by atoms with Crippen molar-refractivity contribution in [2.75, 3.05) is 44.5 Å². The van der Waals surface area contributed by atoms with Crippen molar-refractivity contribution in [3.8, 4) is 11.5 Å². The molecule has 0 bridgehead atoms. The zero-order valence-electron chi connectivity index (χ0n) is 18.5. The number of fused-ring (bicyclic) bond motifs is 1. The van der Waals surface area contributed by atoms with Crippen molar-refractivity contribution in [1.82, 2.24) is 10.2 Å². The van der Waals surface area contributed by atoms with Crippen LogP contribution >= 0.6 is 0 Å². The lowest BCUT2D eigenvalue weighted by atomic mass is 10.1. The summed E-state index contributed by atoms with van der Waals surface area (Å²) >= 11 is 0. The molecule has 1 fully saturated rings. The first-order valence-electron chi connectivity index (χ1n) is 10.9. The summed E-state index contributed by atoms with van der Waals surface area (Å²) in [5.41, 5.74) is 2.38. The molecule has 1 saturated heterocycles. The van der Waals surface area contributed by atoms with E-state index in [0.717, 1.165) is 11.3 Å². The van der Waals surface area contributed by atoms with E-state index in [-0.39, 0.29) is 30.8 Å². The van der Waals surface area contributed by atoms with Gasteiger partial charge in [0.25, 0.3) is 0 Å². The van der Waals surface area contributed by atoms with Crippen LogP contribution in [0.4, 0.5) is 5.69 Å². The van der Waals surface area contributed by atoms with Crippen LogP contribution in [0, 0.1) is 0 Å². The van der Waals surface area contributed by atoms with Crippen LogP contribution in [0.5, 0.6) is 11.5 Å². The Hall–Kier alpha value is -3.59. The average Bonchev–Trinajstić information content (AvgIpc) is 3.30. The molecule has 2 heterocycles. The number of rotatable bonds is 7. The van der Waals surface area contributed by atoms with Crippen LogP contribution in [0.3, 0.4) is 0 Å². The summed E-state index contributed by atoms with van der Waals surface area (Å²) in [6.07, 6.45) is 0.0600. The van der Waals surface area contributed by atoms with Crippen LogP contribution in [0.2, 0.25) is 0 Å². The molecule has 4 rings (SSSR count). The lowest BCUT2D eigenvalue weighted by Gasteiger charge is -2.37. The molecule has 2 amide bonds. The number of piperazine rings is 1. The maximum Gasteiger partial charge on any atom is 0.247 e. The van der Waals surface area contributed by atoms with E-state index in [4.69, 9.17) is 9.47 Å². The molecule has 0 aliphatic carbocycles. The summed E-state index contributed by atoms with van der Waals surface area (Å²) in [7, 11) is 0. The molecular formula is C24H27N3O6. The Labute approximate surface area is 191 Å². The number of ketones is 1. The minimum absolute atomic E-state index is 0.0209. The van der Waals surface area contributed by atoms with Crippen molar-refractivity contribution >= 4 is 23.3 Å². The predicted molar refractivity (Wildman–Crippen MR) is 121 cm³/mol. The Balaban J connectivity index is 1.29. The molecule has 2 N–H and O–H groups in total. The molecule has 9 nitrogen and oxygen atoms in total. The highest BCUT2D eigenvalue weighted by Crippen LogP contribution is 2.32. The molecule has 9 heteroatoms. The smallest absolute Gasteiger partial charge is 0.247 e. The summed E-state index contributed by atoms with van der Waals surface area (Å²) in [5, 5.41) is 12.4. The van der Waals surface area contributed by atoms with Gasteiger partial charge >= 0.3 is 0 Å². The predicted octanol–water partition coefficient (Wildman–Crippen LogP) is 0.986. The van der Waals surface area contributed by atoms with Gasteiger partial charge < -0.3 is 29.7 Å². The van der Waals surface area contributed by atoms with E-state index in [2.05, 4.69) is 10.2 Å². The highest BCUT2D eigenvalue weighted by molar-refractivity contribution is 5.94. The number of hydrogen-bond acceptors (Lipinski definition) is 7. The number of hydrogen-bond donors (Lipinski definition) is 2. The maximum absolute atomic E-state index is 12.9. The SMILES string of the molecule is CC(=O)c1ccc(N2CCN(C(=O)C(CO)NC(=O)Cc3ccc4c(c3)OCO4)CC2)cc1. The Morgan fingerprint density at radius 1 is 1.00 bits per heavy atom. The van der Waals surface area contributed by atoms with Gasteiger partial charge in [0.2, 0.25) is 18.6 Å². The third-order valence-electron chi connectivity index (χ3n) is 5.85. The molecule has 33 heavy (non-hydrogen) atoms. The monoisotopic (exact) mass is 453 g/mol. The number of Topliss-reactive ketones (excluding diaryl/α,β-unsaturated/α-hetero) is 1. The summed E-state index contributed by atoms with van der Waals surface area (Å²) in [4.78, 5) is 40.6. The highest BCUT2D eigenvalue weighted by Gasteiger charge is 2.28. The topological polar surface area (TPSA) is 108 Å². The molecule has 2 aliphatic rings. The van der Waals surface area contributed by atoms with E-state index in [1.165, 1.54) is 6.92 Å². The lowest BCUT2D eigenvalue weighted by Crippen LogP contribution is -2.56. The van der Waals surface area contributed by atoms with E-state index >= 15 is 0 Å². The molecule has 2 aromatic rings. The zero-order chi connectivity index (χ0) is 23.4. The third kappa shape index (κ3) is 5.25. The Bertz CT molecular complexity index is 1030. The molecule has 0 aromatic heterocycles. The minimum atomic E-state index is -0.993. The van der Waals surface area contributed by atoms with E-state index in [9.17, 15) is 19.5 Å². The molecule has 0 radical (unpaired) electrons. The molecule has 174 valence electrons. The van der Waals surface area contributed by atoms with E-state index in [0.29, 0.717) is 43.2 Å². The first kappa shape index (κ1) is 22.6. The number of carbonyl (C=O) groups excluding carboxylic acids is 3.